The average Bonchev–Trinajstić information content (AvgIpc) is 3.23. The predicted molar refractivity (Wildman–Crippen MR) is 75.4 cm³/mol. The van der Waals surface area contributed by atoms with Gasteiger partial charge >= 0.3 is 0 Å². The molecule has 2 atom stereocenters. The largest absolute Gasteiger partial charge is 0.396 e. The molecule has 0 radical (unpaired) electrons. The van der Waals surface area contributed by atoms with Crippen LogP contribution in [0, 0.1) is 11.8 Å². The third kappa shape index (κ3) is 3.82. The summed E-state index contributed by atoms with van der Waals surface area (Å²) in [6.07, 6.45) is 4.75. The summed E-state index contributed by atoms with van der Waals surface area (Å²) in [5.74, 6) is 1.42. The van der Waals surface area contributed by atoms with E-state index >= 15 is 0 Å². The molecule has 0 saturated heterocycles. The Balaban J connectivity index is 1.91. The van der Waals surface area contributed by atoms with Crippen LogP contribution < -0.4 is 5.32 Å². The third-order valence-electron chi connectivity index (χ3n) is 3.99. The predicted octanol–water partition coefficient (Wildman–Crippen LogP) is 3.14. The highest BCUT2D eigenvalue weighted by atomic mass is 16.3. The molecule has 1 fully saturated rings. The van der Waals surface area contributed by atoms with Crippen LogP contribution in [0.4, 0.5) is 0 Å². The fraction of sp³-hybridized carbons (Fsp3) is 0.625. The zero-order valence-corrected chi connectivity index (χ0v) is 11.3. The van der Waals surface area contributed by atoms with Crippen molar-refractivity contribution in [2.75, 3.05) is 13.2 Å². The highest BCUT2D eigenvalue weighted by molar-refractivity contribution is 5.21. The first kappa shape index (κ1) is 13.6. The lowest BCUT2D eigenvalue weighted by Crippen LogP contribution is -2.29. The Morgan fingerprint density at radius 2 is 2.00 bits per heavy atom. The maximum atomic E-state index is 9.04. The number of aliphatic hydroxyl groups excluding tert-OH is 1. The summed E-state index contributed by atoms with van der Waals surface area (Å²) in [7, 11) is 0. The van der Waals surface area contributed by atoms with Gasteiger partial charge in [0.2, 0.25) is 0 Å². The van der Waals surface area contributed by atoms with Gasteiger partial charge in [0.15, 0.2) is 0 Å². The van der Waals surface area contributed by atoms with E-state index in [2.05, 4.69) is 42.6 Å². The van der Waals surface area contributed by atoms with Gasteiger partial charge in [-0.05, 0) is 43.2 Å². The molecule has 0 heterocycles. The van der Waals surface area contributed by atoms with Crippen molar-refractivity contribution in [2.24, 2.45) is 11.8 Å². The monoisotopic (exact) mass is 247 g/mol. The number of rotatable bonds is 8. The number of aliphatic hydroxyl groups is 1. The maximum Gasteiger partial charge on any atom is 0.0434 e. The molecule has 0 aliphatic heterocycles. The van der Waals surface area contributed by atoms with Crippen molar-refractivity contribution < 1.29 is 5.11 Å². The molecule has 2 unspecified atom stereocenters. The molecule has 18 heavy (non-hydrogen) atoms. The van der Waals surface area contributed by atoms with Gasteiger partial charge < -0.3 is 10.4 Å². The molecule has 0 spiro atoms. The molecule has 0 aromatic heterocycles. The molecule has 100 valence electrons. The molecule has 1 aliphatic carbocycles. The van der Waals surface area contributed by atoms with Crippen LogP contribution >= 0.6 is 0 Å². The molecule has 2 N–H and O–H groups in total. The van der Waals surface area contributed by atoms with Gasteiger partial charge in [-0.1, -0.05) is 43.7 Å². The highest BCUT2D eigenvalue weighted by Crippen LogP contribution is 2.41. The van der Waals surface area contributed by atoms with Gasteiger partial charge in [0, 0.05) is 12.6 Å². The SMILES string of the molecule is CCC(CCO)CNC(c1ccccc1)C1CC1. The van der Waals surface area contributed by atoms with Crippen LogP contribution in [0.1, 0.15) is 44.2 Å². The van der Waals surface area contributed by atoms with E-state index in [0.717, 1.165) is 25.3 Å². The van der Waals surface area contributed by atoms with Crippen molar-refractivity contribution in [2.45, 2.75) is 38.6 Å². The number of benzene rings is 1. The second-order valence-corrected chi connectivity index (χ2v) is 5.42. The second-order valence-electron chi connectivity index (χ2n) is 5.42. The molecule has 1 aliphatic rings. The minimum Gasteiger partial charge on any atom is -0.396 e. The van der Waals surface area contributed by atoms with E-state index in [9.17, 15) is 0 Å². The van der Waals surface area contributed by atoms with Crippen molar-refractivity contribution in [1.29, 1.82) is 0 Å². The highest BCUT2D eigenvalue weighted by Gasteiger charge is 2.32. The first-order chi connectivity index (χ1) is 8.85. The molecule has 0 amide bonds. The topological polar surface area (TPSA) is 32.3 Å². The minimum atomic E-state index is 0.305. The van der Waals surface area contributed by atoms with Crippen LogP contribution in [-0.2, 0) is 0 Å². The average molecular weight is 247 g/mol. The van der Waals surface area contributed by atoms with E-state index in [1.54, 1.807) is 0 Å². The molecule has 0 bridgehead atoms. The fourth-order valence-electron chi connectivity index (χ4n) is 2.57. The van der Waals surface area contributed by atoms with Crippen LogP contribution in [0.3, 0.4) is 0 Å². The number of nitrogens with one attached hydrogen (secondary N) is 1. The maximum absolute atomic E-state index is 9.04. The Hall–Kier alpha value is -0.860. The van der Waals surface area contributed by atoms with Crippen LogP contribution in [0.5, 0.6) is 0 Å². The van der Waals surface area contributed by atoms with Gasteiger partial charge in [0.25, 0.3) is 0 Å². The normalized spacial score (nSPS) is 18.6. The van der Waals surface area contributed by atoms with Gasteiger partial charge in [-0.15, -0.1) is 0 Å². The third-order valence-corrected chi connectivity index (χ3v) is 3.99. The van der Waals surface area contributed by atoms with Crippen LogP contribution in [-0.4, -0.2) is 18.3 Å². The summed E-state index contributed by atoms with van der Waals surface area (Å²) >= 11 is 0. The Bertz CT molecular complexity index is 334. The smallest absolute Gasteiger partial charge is 0.0434 e. The summed E-state index contributed by atoms with van der Waals surface area (Å²) < 4.78 is 0. The lowest BCUT2D eigenvalue weighted by atomic mass is 9.99. The summed E-state index contributed by atoms with van der Waals surface area (Å²) in [4.78, 5) is 0. The molecule has 2 heteroatoms. The minimum absolute atomic E-state index is 0.305. The van der Waals surface area contributed by atoms with Crippen molar-refractivity contribution in [3.63, 3.8) is 0 Å². The number of hydrogen-bond donors (Lipinski definition) is 2. The van der Waals surface area contributed by atoms with Crippen molar-refractivity contribution in [1.82, 2.24) is 5.32 Å². The summed E-state index contributed by atoms with van der Waals surface area (Å²) in [5, 5.41) is 12.8. The standard InChI is InChI=1S/C16H25NO/c1-2-13(10-11-18)12-17-16(15-8-9-15)14-6-4-3-5-7-14/h3-7,13,15-18H,2,8-12H2,1H3. The number of hydrogen-bond acceptors (Lipinski definition) is 2. The van der Waals surface area contributed by atoms with E-state index in [1.165, 1.54) is 18.4 Å². The summed E-state index contributed by atoms with van der Waals surface area (Å²) in [6.45, 7) is 3.53. The van der Waals surface area contributed by atoms with Gasteiger partial charge in [-0.3, -0.25) is 0 Å². The Morgan fingerprint density at radius 3 is 2.56 bits per heavy atom. The van der Waals surface area contributed by atoms with Gasteiger partial charge in [-0.2, -0.15) is 0 Å². The quantitative estimate of drug-likeness (QED) is 0.739. The lowest BCUT2D eigenvalue weighted by molar-refractivity contribution is 0.247. The van der Waals surface area contributed by atoms with Crippen molar-refractivity contribution in [3.05, 3.63) is 35.9 Å². The van der Waals surface area contributed by atoms with E-state index in [4.69, 9.17) is 5.11 Å². The fourth-order valence-corrected chi connectivity index (χ4v) is 2.57. The molecule has 1 aromatic carbocycles. The molecule has 2 nitrogen and oxygen atoms in total. The molecule has 1 aromatic rings. The lowest BCUT2D eigenvalue weighted by Gasteiger charge is -2.22. The summed E-state index contributed by atoms with van der Waals surface area (Å²) in [5.41, 5.74) is 1.42. The van der Waals surface area contributed by atoms with E-state index in [0.29, 0.717) is 18.6 Å². The zero-order valence-electron chi connectivity index (χ0n) is 11.3. The van der Waals surface area contributed by atoms with Crippen LogP contribution in [0.15, 0.2) is 30.3 Å². The second kappa shape index (κ2) is 6.91. The van der Waals surface area contributed by atoms with Gasteiger partial charge in [0.1, 0.15) is 0 Å². The summed E-state index contributed by atoms with van der Waals surface area (Å²) in [6, 6.07) is 11.3. The van der Waals surface area contributed by atoms with E-state index < -0.39 is 0 Å². The first-order valence-corrected chi connectivity index (χ1v) is 7.24. The van der Waals surface area contributed by atoms with Crippen LogP contribution in [0.25, 0.3) is 0 Å². The Morgan fingerprint density at radius 1 is 1.28 bits per heavy atom. The Kier molecular flexibility index (Phi) is 5.21. The van der Waals surface area contributed by atoms with Gasteiger partial charge in [0.05, 0.1) is 0 Å². The molecule has 2 rings (SSSR count). The molecular weight excluding hydrogens is 222 g/mol. The van der Waals surface area contributed by atoms with E-state index in [1.807, 2.05) is 0 Å². The zero-order chi connectivity index (χ0) is 12.8. The van der Waals surface area contributed by atoms with Crippen molar-refractivity contribution in [3.8, 4) is 0 Å². The van der Waals surface area contributed by atoms with E-state index in [-0.39, 0.29) is 0 Å². The van der Waals surface area contributed by atoms with Crippen LogP contribution in [0.2, 0.25) is 0 Å². The molecule has 1 saturated carbocycles. The van der Waals surface area contributed by atoms with Gasteiger partial charge in [-0.25, -0.2) is 0 Å². The van der Waals surface area contributed by atoms with Crippen molar-refractivity contribution >= 4 is 0 Å². The Labute approximate surface area is 110 Å². The molecular formula is C16H25NO. The first-order valence-electron chi connectivity index (χ1n) is 7.24.